The highest BCUT2D eigenvalue weighted by molar-refractivity contribution is 5.40. The van der Waals surface area contributed by atoms with Crippen LogP contribution in [-0.4, -0.2) is 19.0 Å². The highest BCUT2D eigenvalue weighted by atomic mass is 16.7. The van der Waals surface area contributed by atoms with Gasteiger partial charge < -0.3 is 9.47 Å². The Hall–Kier alpha value is -0.600. The SMILES string of the molecule is C=C1[C@@H](CCC)CC=C2[C@@]1(C)CC[C@H]1C(C)(C)C3(CC[C@]21C)OCCO3. The van der Waals surface area contributed by atoms with Crippen LogP contribution < -0.4 is 0 Å². The topological polar surface area (TPSA) is 18.5 Å². The van der Waals surface area contributed by atoms with Crippen LogP contribution in [0.2, 0.25) is 0 Å². The molecular weight excluding hydrogens is 320 g/mol. The zero-order valence-corrected chi connectivity index (χ0v) is 17.6. The Balaban J connectivity index is 1.73. The first-order valence-electron chi connectivity index (χ1n) is 10.9. The van der Waals surface area contributed by atoms with Gasteiger partial charge in [0.25, 0.3) is 0 Å². The van der Waals surface area contributed by atoms with E-state index in [0.717, 1.165) is 19.6 Å². The maximum atomic E-state index is 6.26. The largest absolute Gasteiger partial charge is 0.347 e. The van der Waals surface area contributed by atoms with E-state index in [9.17, 15) is 0 Å². The predicted octanol–water partition coefficient (Wildman–Crippen LogP) is 6.27. The molecule has 4 rings (SSSR count). The van der Waals surface area contributed by atoms with Crippen molar-refractivity contribution in [3.63, 3.8) is 0 Å². The lowest BCUT2D eigenvalue weighted by atomic mass is 9.42. The molecule has 0 aromatic carbocycles. The summed E-state index contributed by atoms with van der Waals surface area (Å²) < 4.78 is 12.5. The first kappa shape index (κ1) is 18.7. The van der Waals surface area contributed by atoms with Crippen LogP contribution >= 0.6 is 0 Å². The molecule has 2 heteroatoms. The van der Waals surface area contributed by atoms with Gasteiger partial charge in [-0.25, -0.2) is 0 Å². The van der Waals surface area contributed by atoms with Gasteiger partial charge in [0.1, 0.15) is 0 Å². The van der Waals surface area contributed by atoms with Crippen LogP contribution in [-0.2, 0) is 9.47 Å². The van der Waals surface area contributed by atoms with Gasteiger partial charge in [-0.2, -0.15) is 0 Å². The van der Waals surface area contributed by atoms with Crippen LogP contribution in [0.5, 0.6) is 0 Å². The van der Waals surface area contributed by atoms with E-state index in [2.05, 4.69) is 47.3 Å². The fourth-order valence-electron chi connectivity index (χ4n) is 7.44. The number of ether oxygens (including phenoxy) is 2. The van der Waals surface area contributed by atoms with E-state index in [4.69, 9.17) is 9.47 Å². The van der Waals surface area contributed by atoms with Gasteiger partial charge >= 0.3 is 0 Å². The Morgan fingerprint density at radius 2 is 1.77 bits per heavy atom. The lowest BCUT2D eigenvalue weighted by Gasteiger charge is -2.65. The van der Waals surface area contributed by atoms with Crippen molar-refractivity contribution in [3.8, 4) is 0 Å². The van der Waals surface area contributed by atoms with Gasteiger partial charge in [0, 0.05) is 17.3 Å². The van der Waals surface area contributed by atoms with Gasteiger partial charge in [0.2, 0.25) is 0 Å². The van der Waals surface area contributed by atoms with Crippen LogP contribution in [0.4, 0.5) is 0 Å². The summed E-state index contributed by atoms with van der Waals surface area (Å²) in [5.41, 5.74) is 3.70. The zero-order chi connectivity index (χ0) is 18.8. The summed E-state index contributed by atoms with van der Waals surface area (Å²) in [6.07, 6.45) is 11.0. The maximum absolute atomic E-state index is 6.26. The highest BCUT2D eigenvalue weighted by Gasteiger charge is 2.66. The van der Waals surface area contributed by atoms with Gasteiger partial charge in [-0.15, -0.1) is 0 Å². The van der Waals surface area contributed by atoms with E-state index in [1.54, 1.807) is 5.57 Å². The van der Waals surface area contributed by atoms with Gasteiger partial charge in [-0.05, 0) is 49.4 Å². The van der Waals surface area contributed by atoms with Crippen molar-refractivity contribution >= 4 is 0 Å². The van der Waals surface area contributed by atoms with E-state index in [1.165, 1.54) is 44.1 Å². The second-order valence-corrected chi connectivity index (χ2v) is 10.4. The molecule has 1 spiro atoms. The fraction of sp³-hybridized carbons (Fsp3) is 0.833. The number of hydrogen-bond acceptors (Lipinski definition) is 2. The Labute approximate surface area is 160 Å². The van der Waals surface area contributed by atoms with Crippen LogP contribution in [0.1, 0.15) is 79.6 Å². The van der Waals surface area contributed by atoms with Crippen LogP contribution in [0, 0.1) is 28.1 Å². The molecule has 2 saturated carbocycles. The van der Waals surface area contributed by atoms with Crippen LogP contribution in [0.15, 0.2) is 23.8 Å². The molecule has 0 aromatic heterocycles. The number of hydrogen-bond donors (Lipinski definition) is 0. The summed E-state index contributed by atoms with van der Waals surface area (Å²) in [6.45, 7) is 18.3. The second-order valence-electron chi connectivity index (χ2n) is 10.4. The summed E-state index contributed by atoms with van der Waals surface area (Å²) in [6, 6.07) is 0. The minimum Gasteiger partial charge on any atom is -0.347 e. The van der Waals surface area contributed by atoms with Crippen molar-refractivity contribution in [2.24, 2.45) is 28.1 Å². The molecule has 146 valence electrons. The molecule has 0 bridgehead atoms. The van der Waals surface area contributed by atoms with Gasteiger partial charge in [0.15, 0.2) is 5.79 Å². The quantitative estimate of drug-likeness (QED) is 0.541. The minimum atomic E-state index is -0.359. The van der Waals surface area contributed by atoms with Crippen LogP contribution in [0.25, 0.3) is 0 Å². The predicted molar refractivity (Wildman–Crippen MR) is 107 cm³/mol. The van der Waals surface area contributed by atoms with Crippen LogP contribution in [0.3, 0.4) is 0 Å². The lowest BCUT2D eigenvalue weighted by Crippen LogP contribution is -2.62. The third-order valence-corrected chi connectivity index (χ3v) is 8.94. The molecule has 2 nitrogen and oxygen atoms in total. The monoisotopic (exact) mass is 358 g/mol. The summed E-state index contributed by atoms with van der Waals surface area (Å²) >= 11 is 0. The summed E-state index contributed by atoms with van der Waals surface area (Å²) in [5.74, 6) is 0.928. The van der Waals surface area contributed by atoms with Gasteiger partial charge in [0.05, 0.1) is 13.2 Å². The van der Waals surface area contributed by atoms with Crippen molar-refractivity contribution < 1.29 is 9.47 Å². The van der Waals surface area contributed by atoms with E-state index in [-0.39, 0.29) is 22.0 Å². The third-order valence-electron chi connectivity index (χ3n) is 8.94. The Bertz CT molecular complexity index is 624. The van der Waals surface area contributed by atoms with Crippen molar-refractivity contribution in [1.82, 2.24) is 0 Å². The molecule has 1 aliphatic heterocycles. The summed E-state index contributed by atoms with van der Waals surface area (Å²) in [5, 5.41) is 0. The minimum absolute atomic E-state index is 0.0419. The molecule has 0 unspecified atom stereocenters. The summed E-state index contributed by atoms with van der Waals surface area (Å²) in [4.78, 5) is 0. The smallest absolute Gasteiger partial charge is 0.173 e. The standard InChI is InChI=1S/C24H38O2/c1-7-8-18-9-10-20-22(5,17(18)2)12-11-19-21(3,4)24(25-15-16-26-24)14-13-23(19,20)6/h10,18-19H,2,7-9,11-16H2,1,3-6H3/t18-,19-,22-,23-/m0/s1. The second kappa shape index (κ2) is 5.95. The van der Waals surface area contributed by atoms with E-state index in [1.807, 2.05) is 0 Å². The summed E-state index contributed by atoms with van der Waals surface area (Å²) in [7, 11) is 0. The maximum Gasteiger partial charge on any atom is 0.173 e. The van der Waals surface area contributed by atoms with Gasteiger partial charge in [-0.3, -0.25) is 0 Å². The van der Waals surface area contributed by atoms with E-state index in [0.29, 0.717) is 11.8 Å². The van der Waals surface area contributed by atoms with Crippen molar-refractivity contribution in [3.05, 3.63) is 23.8 Å². The molecule has 1 heterocycles. The normalized spacial score (nSPS) is 43.7. The third kappa shape index (κ3) is 2.24. The fourth-order valence-corrected chi connectivity index (χ4v) is 7.44. The van der Waals surface area contributed by atoms with Crippen molar-refractivity contribution in [2.45, 2.75) is 85.4 Å². The average Bonchev–Trinajstić information content (AvgIpc) is 3.07. The van der Waals surface area contributed by atoms with Crippen molar-refractivity contribution in [1.29, 1.82) is 0 Å². The molecule has 3 aliphatic carbocycles. The van der Waals surface area contributed by atoms with E-state index < -0.39 is 0 Å². The molecule has 26 heavy (non-hydrogen) atoms. The number of rotatable bonds is 2. The molecule has 0 N–H and O–H groups in total. The Morgan fingerprint density at radius 3 is 2.42 bits per heavy atom. The molecule has 3 fully saturated rings. The first-order chi connectivity index (χ1) is 12.2. The van der Waals surface area contributed by atoms with E-state index >= 15 is 0 Å². The average molecular weight is 359 g/mol. The highest BCUT2D eigenvalue weighted by Crippen LogP contribution is 2.70. The Kier molecular flexibility index (Phi) is 4.29. The molecule has 4 aliphatic rings. The molecule has 0 aromatic rings. The first-order valence-corrected chi connectivity index (χ1v) is 10.9. The number of fused-ring (bicyclic) bond motifs is 3. The molecule has 0 radical (unpaired) electrons. The molecular formula is C24H38O2. The molecule has 0 amide bonds. The lowest BCUT2D eigenvalue weighted by molar-refractivity contribution is -0.284. The number of allylic oxidation sites excluding steroid dienone is 3. The molecule has 1 saturated heterocycles. The van der Waals surface area contributed by atoms with Gasteiger partial charge in [-0.1, -0.05) is 64.8 Å². The zero-order valence-electron chi connectivity index (χ0n) is 17.6. The molecule has 4 atom stereocenters. The van der Waals surface area contributed by atoms with Crippen molar-refractivity contribution in [2.75, 3.05) is 13.2 Å². The Morgan fingerprint density at radius 1 is 1.08 bits per heavy atom.